The highest BCUT2D eigenvalue weighted by Crippen LogP contribution is 2.23. The molecule has 2 aromatic rings. The van der Waals surface area contributed by atoms with Crippen LogP contribution in [0.25, 0.3) is 0 Å². The van der Waals surface area contributed by atoms with Crippen molar-refractivity contribution in [1.29, 1.82) is 0 Å². The molecule has 1 N–H and O–H groups in total. The minimum absolute atomic E-state index is 0.279. The molecule has 0 saturated carbocycles. The van der Waals surface area contributed by atoms with Crippen LogP contribution >= 0.6 is 11.3 Å². The van der Waals surface area contributed by atoms with Crippen molar-refractivity contribution in [2.24, 2.45) is 0 Å². The summed E-state index contributed by atoms with van der Waals surface area (Å²) in [5, 5.41) is 12.3. The lowest BCUT2D eigenvalue weighted by Gasteiger charge is -2.15. The van der Waals surface area contributed by atoms with E-state index in [1.165, 1.54) is 11.1 Å². The molecule has 0 radical (unpaired) electrons. The predicted molar refractivity (Wildman–Crippen MR) is 72.4 cm³/mol. The smallest absolute Gasteiger partial charge is 0.0616 e. The first kappa shape index (κ1) is 12.3. The Bertz CT molecular complexity index is 433. The van der Waals surface area contributed by atoms with Gasteiger partial charge in [0.1, 0.15) is 0 Å². The Kier molecular flexibility index (Phi) is 4.34. The molecule has 0 aliphatic carbocycles. The molecule has 17 heavy (non-hydrogen) atoms. The van der Waals surface area contributed by atoms with Gasteiger partial charge in [-0.15, -0.1) is 0 Å². The lowest BCUT2D eigenvalue weighted by Crippen LogP contribution is -2.22. The average Bonchev–Trinajstić information content (AvgIpc) is 3.00. The summed E-state index contributed by atoms with van der Waals surface area (Å²) < 4.78 is 1.97. The summed E-state index contributed by atoms with van der Waals surface area (Å²) in [6.07, 6.45) is 5.24. The van der Waals surface area contributed by atoms with Gasteiger partial charge in [0.25, 0.3) is 0 Å². The number of rotatable bonds is 6. The van der Waals surface area contributed by atoms with Crippen molar-refractivity contribution in [2.45, 2.75) is 32.9 Å². The largest absolute Gasteiger partial charge is 0.306 e. The molecule has 0 saturated heterocycles. The lowest BCUT2D eigenvalue weighted by molar-refractivity contribution is 0.597. The Morgan fingerprint density at radius 1 is 1.41 bits per heavy atom. The van der Waals surface area contributed by atoms with Crippen LogP contribution in [-0.2, 0) is 6.54 Å². The molecule has 1 unspecified atom stereocenters. The van der Waals surface area contributed by atoms with Gasteiger partial charge >= 0.3 is 0 Å². The van der Waals surface area contributed by atoms with E-state index in [4.69, 9.17) is 0 Å². The molecular weight excluding hydrogens is 230 g/mol. The van der Waals surface area contributed by atoms with Gasteiger partial charge in [0.2, 0.25) is 0 Å². The van der Waals surface area contributed by atoms with Gasteiger partial charge in [0.15, 0.2) is 0 Å². The summed E-state index contributed by atoms with van der Waals surface area (Å²) in [6, 6.07) is 2.46. The zero-order valence-electron chi connectivity index (χ0n) is 10.4. The normalized spacial score (nSPS) is 12.8. The van der Waals surface area contributed by atoms with E-state index < -0.39 is 0 Å². The molecule has 2 rings (SSSR count). The number of nitrogens with one attached hydrogen (secondary N) is 1. The summed E-state index contributed by atoms with van der Waals surface area (Å²) in [4.78, 5) is 0. The quantitative estimate of drug-likeness (QED) is 0.852. The monoisotopic (exact) mass is 249 g/mol. The van der Waals surface area contributed by atoms with E-state index >= 15 is 0 Å². The summed E-state index contributed by atoms with van der Waals surface area (Å²) in [6.45, 7) is 6.24. The molecule has 2 aromatic heterocycles. The van der Waals surface area contributed by atoms with Gasteiger partial charge in [-0.25, -0.2) is 0 Å². The Morgan fingerprint density at radius 3 is 2.88 bits per heavy atom. The molecule has 0 spiro atoms. The van der Waals surface area contributed by atoms with E-state index in [1.54, 1.807) is 11.3 Å². The summed E-state index contributed by atoms with van der Waals surface area (Å²) in [5.41, 5.74) is 2.58. The van der Waals surface area contributed by atoms with Crippen LogP contribution in [0.1, 0.15) is 37.4 Å². The highest BCUT2D eigenvalue weighted by atomic mass is 32.1. The van der Waals surface area contributed by atoms with E-state index in [-0.39, 0.29) is 6.04 Å². The molecule has 0 amide bonds. The maximum atomic E-state index is 4.35. The van der Waals surface area contributed by atoms with Crippen LogP contribution in [0, 0.1) is 0 Å². The number of nitrogens with zero attached hydrogens (tertiary/aromatic N) is 2. The molecule has 3 nitrogen and oxygen atoms in total. The van der Waals surface area contributed by atoms with Gasteiger partial charge in [0.05, 0.1) is 12.2 Å². The molecule has 0 aliphatic rings. The maximum absolute atomic E-state index is 4.35. The van der Waals surface area contributed by atoms with E-state index in [9.17, 15) is 0 Å². The Balaban J connectivity index is 2.20. The third-order valence-electron chi connectivity index (χ3n) is 2.79. The van der Waals surface area contributed by atoms with Crippen molar-refractivity contribution >= 4 is 11.3 Å². The van der Waals surface area contributed by atoms with Gasteiger partial charge in [-0.2, -0.15) is 16.4 Å². The molecule has 0 aromatic carbocycles. The van der Waals surface area contributed by atoms with Crippen LogP contribution in [0.4, 0.5) is 0 Å². The number of hydrogen-bond donors (Lipinski definition) is 1. The van der Waals surface area contributed by atoms with E-state index in [0.717, 1.165) is 19.5 Å². The minimum Gasteiger partial charge on any atom is -0.306 e. The second kappa shape index (κ2) is 5.98. The second-order valence-electron chi connectivity index (χ2n) is 4.07. The van der Waals surface area contributed by atoms with Crippen molar-refractivity contribution in [3.8, 4) is 0 Å². The van der Waals surface area contributed by atoms with Crippen LogP contribution in [0.5, 0.6) is 0 Å². The standard InChI is InChI=1S/C13H19N3S/c1-3-6-14-13(11-5-7-17-10-11)12-8-15-16(4-2)9-12/h5,7-10,13-14H,3-4,6H2,1-2H3. The molecule has 1 atom stereocenters. The van der Waals surface area contributed by atoms with Crippen LogP contribution in [0.3, 0.4) is 0 Å². The van der Waals surface area contributed by atoms with Crippen molar-refractivity contribution in [2.75, 3.05) is 6.54 Å². The fourth-order valence-electron chi connectivity index (χ4n) is 1.86. The zero-order chi connectivity index (χ0) is 12.1. The molecule has 2 heterocycles. The molecule has 0 bridgehead atoms. The molecule has 4 heteroatoms. The predicted octanol–water partition coefficient (Wildman–Crippen LogP) is 3.05. The Labute approximate surface area is 106 Å². The Hall–Kier alpha value is -1.13. The summed E-state index contributed by atoms with van der Waals surface area (Å²) in [7, 11) is 0. The molecule has 92 valence electrons. The third kappa shape index (κ3) is 2.96. The first-order chi connectivity index (χ1) is 8.35. The van der Waals surface area contributed by atoms with Crippen LogP contribution in [0.2, 0.25) is 0 Å². The lowest BCUT2D eigenvalue weighted by atomic mass is 10.1. The van der Waals surface area contributed by atoms with E-state index in [0.29, 0.717) is 0 Å². The minimum atomic E-state index is 0.279. The number of hydrogen-bond acceptors (Lipinski definition) is 3. The second-order valence-corrected chi connectivity index (χ2v) is 4.85. The fraction of sp³-hybridized carbons (Fsp3) is 0.462. The van der Waals surface area contributed by atoms with Crippen molar-refractivity contribution in [1.82, 2.24) is 15.1 Å². The number of aryl methyl sites for hydroxylation is 1. The zero-order valence-corrected chi connectivity index (χ0v) is 11.2. The number of thiophene rings is 1. The van der Waals surface area contributed by atoms with Crippen LogP contribution in [0.15, 0.2) is 29.2 Å². The summed E-state index contributed by atoms with van der Waals surface area (Å²) in [5.74, 6) is 0. The number of aromatic nitrogens is 2. The van der Waals surface area contributed by atoms with Crippen molar-refractivity contribution in [3.05, 3.63) is 40.3 Å². The van der Waals surface area contributed by atoms with Gasteiger partial charge in [-0.05, 0) is 42.3 Å². The molecular formula is C13H19N3S. The van der Waals surface area contributed by atoms with Gasteiger partial charge in [-0.1, -0.05) is 6.92 Å². The highest BCUT2D eigenvalue weighted by Gasteiger charge is 2.15. The van der Waals surface area contributed by atoms with E-state index in [1.807, 2.05) is 10.9 Å². The van der Waals surface area contributed by atoms with Crippen molar-refractivity contribution in [3.63, 3.8) is 0 Å². The van der Waals surface area contributed by atoms with Crippen LogP contribution < -0.4 is 5.32 Å². The first-order valence-electron chi connectivity index (χ1n) is 6.13. The SMILES string of the molecule is CCCNC(c1ccsc1)c1cnn(CC)c1. The third-order valence-corrected chi connectivity index (χ3v) is 3.49. The van der Waals surface area contributed by atoms with Crippen LogP contribution in [-0.4, -0.2) is 16.3 Å². The van der Waals surface area contributed by atoms with E-state index in [2.05, 4.69) is 47.3 Å². The Morgan fingerprint density at radius 2 is 2.29 bits per heavy atom. The summed E-state index contributed by atoms with van der Waals surface area (Å²) >= 11 is 1.74. The van der Waals surface area contributed by atoms with Gasteiger partial charge in [-0.3, -0.25) is 4.68 Å². The maximum Gasteiger partial charge on any atom is 0.0616 e. The van der Waals surface area contributed by atoms with Gasteiger partial charge < -0.3 is 5.32 Å². The van der Waals surface area contributed by atoms with Crippen molar-refractivity contribution < 1.29 is 0 Å². The molecule has 0 fully saturated rings. The highest BCUT2D eigenvalue weighted by molar-refractivity contribution is 7.08. The fourth-order valence-corrected chi connectivity index (χ4v) is 2.54. The topological polar surface area (TPSA) is 29.9 Å². The van der Waals surface area contributed by atoms with Gasteiger partial charge in [0, 0.05) is 18.3 Å². The average molecular weight is 249 g/mol. The molecule has 0 aliphatic heterocycles. The first-order valence-corrected chi connectivity index (χ1v) is 7.07.